The fourth-order valence-corrected chi connectivity index (χ4v) is 2.40. The van der Waals surface area contributed by atoms with Gasteiger partial charge in [0, 0.05) is 12.0 Å². The van der Waals surface area contributed by atoms with Gasteiger partial charge in [-0.15, -0.1) is 0 Å². The zero-order chi connectivity index (χ0) is 11.4. The maximum Gasteiger partial charge on any atom is 0.00784 e. The molecule has 1 nitrogen and oxygen atoms in total. The molecule has 0 aliphatic heterocycles. The van der Waals surface area contributed by atoms with Gasteiger partial charge in [0.05, 0.1) is 0 Å². The summed E-state index contributed by atoms with van der Waals surface area (Å²) in [6.45, 7) is 6.65. The Hall–Kier alpha value is -0.820. The van der Waals surface area contributed by atoms with Gasteiger partial charge < -0.3 is 5.32 Å². The molecule has 1 saturated carbocycles. The van der Waals surface area contributed by atoms with Crippen molar-refractivity contribution in [2.45, 2.75) is 44.9 Å². The van der Waals surface area contributed by atoms with Gasteiger partial charge in [0.25, 0.3) is 0 Å². The van der Waals surface area contributed by atoms with Crippen molar-refractivity contribution in [3.05, 3.63) is 35.4 Å². The van der Waals surface area contributed by atoms with E-state index in [0.717, 1.165) is 13.1 Å². The molecular weight excluding hydrogens is 194 g/mol. The third-order valence-electron chi connectivity index (χ3n) is 3.67. The lowest BCUT2D eigenvalue weighted by Gasteiger charge is -2.16. The van der Waals surface area contributed by atoms with Crippen LogP contribution in [0.2, 0.25) is 0 Å². The molecule has 1 aromatic rings. The number of hydrogen-bond donors (Lipinski definition) is 1. The molecule has 16 heavy (non-hydrogen) atoms. The fraction of sp³-hybridized carbons (Fsp3) is 0.600. The summed E-state index contributed by atoms with van der Waals surface area (Å²) < 4.78 is 0. The quantitative estimate of drug-likeness (QED) is 0.771. The normalized spacial score (nSPS) is 17.4. The van der Waals surface area contributed by atoms with Crippen molar-refractivity contribution < 1.29 is 0 Å². The summed E-state index contributed by atoms with van der Waals surface area (Å²) in [5.74, 6) is 0. The molecule has 1 fully saturated rings. The van der Waals surface area contributed by atoms with Crippen LogP contribution in [-0.4, -0.2) is 13.1 Å². The first-order chi connectivity index (χ1) is 7.80. The zero-order valence-corrected chi connectivity index (χ0v) is 10.6. The lowest BCUT2D eigenvalue weighted by Crippen LogP contribution is -2.26. The Morgan fingerprint density at radius 2 is 1.81 bits per heavy atom. The first-order valence-electron chi connectivity index (χ1n) is 6.61. The van der Waals surface area contributed by atoms with Crippen LogP contribution in [0.5, 0.6) is 0 Å². The molecule has 88 valence electrons. The molecule has 1 aromatic carbocycles. The summed E-state index contributed by atoms with van der Waals surface area (Å²) in [5.41, 5.74) is 3.49. The van der Waals surface area contributed by atoms with Gasteiger partial charge in [-0.1, -0.05) is 44.5 Å². The first-order valence-corrected chi connectivity index (χ1v) is 6.61. The van der Waals surface area contributed by atoms with Gasteiger partial charge >= 0.3 is 0 Å². The number of aryl methyl sites for hydroxylation is 1. The third-order valence-corrected chi connectivity index (χ3v) is 3.67. The molecule has 0 spiro atoms. The smallest absolute Gasteiger partial charge is 0.00784 e. The van der Waals surface area contributed by atoms with E-state index in [9.17, 15) is 0 Å². The van der Waals surface area contributed by atoms with E-state index in [2.05, 4.69) is 43.4 Å². The number of likely N-dealkylation sites (N-methyl/N-ethyl adjacent to an activating group) is 1. The van der Waals surface area contributed by atoms with Gasteiger partial charge in [-0.3, -0.25) is 0 Å². The molecule has 0 radical (unpaired) electrons. The maximum atomic E-state index is 3.49. The van der Waals surface area contributed by atoms with Crippen LogP contribution < -0.4 is 5.32 Å². The van der Waals surface area contributed by atoms with Crippen LogP contribution in [0.15, 0.2) is 24.3 Å². The second-order valence-electron chi connectivity index (χ2n) is 5.01. The second-order valence-corrected chi connectivity index (χ2v) is 5.01. The summed E-state index contributed by atoms with van der Waals surface area (Å²) in [7, 11) is 0. The minimum atomic E-state index is 0.473. The van der Waals surface area contributed by atoms with E-state index in [4.69, 9.17) is 0 Å². The number of nitrogens with one attached hydrogen (secondary N) is 1. The summed E-state index contributed by atoms with van der Waals surface area (Å²) in [5, 5.41) is 3.49. The van der Waals surface area contributed by atoms with E-state index in [1.807, 2.05) is 0 Å². The van der Waals surface area contributed by atoms with E-state index < -0.39 is 0 Å². The average molecular weight is 217 g/mol. The Morgan fingerprint density at radius 1 is 1.12 bits per heavy atom. The van der Waals surface area contributed by atoms with Crippen LogP contribution in [0.25, 0.3) is 0 Å². The standard InChI is InChI=1S/C15H23N/c1-3-5-13-6-8-14(9-7-13)15(10-11-15)12-16-4-2/h6-9,16H,3-5,10-12H2,1-2H3. The highest BCUT2D eigenvalue weighted by Gasteiger charge is 2.43. The largest absolute Gasteiger partial charge is 0.316 e. The molecule has 0 atom stereocenters. The van der Waals surface area contributed by atoms with Crippen molar-refractivity contribution >= 4 is 0 Å². The highest BCUT2D eigenvalue weighted by Crippen LogP contribution is 2.47. The highest BCUT2D eigenvalue weighted by molar-refractivity contribution is 5.34. The van der Waals surface area contributed by atoms with Crippen molar-refractivity contribution in [2.24, 2.45) is 0 Å². The zero-order valence-electron chi connectivity index (χ0n) is 10.6. The monoisotopic (exact) mass is 217 g/mol. The number of hydrogen-bond acceptors (Lipinski definition) is 1. The van der Waals surface area contributed by atoms with Crippen LogP contribution in [-0.2, 0) is 11.8 Å². The van der Waals surface area contributed by atoms with Gasteiger partial charge in [0.15, 0.2) is 0 Å². The van der Waals surface area contributed by atoms with E-state index >= 15 is 0 Å². The molecular formula is C15H23N. The SMILES string of the molecule is CCCc1ccc(C2(CNCC)CC2)cc1. The Balaban J connectivity index is 2.03. The van der Waals surface area contributed by atoms with Gasteiger partial charge in [-0.2, -0.15) is 0 Å². The number of benzene rings is 1. The molecule has 0 bridgehead atoms. The average Bonchev–Trinajstić information content (AvgIpc) is 3.09. The van der Waals surface area contributed by atoms with Crippen LogP contribution in [0, 0.1) is 0 Å². The first kappa shape index (κ1) is 11.7. The van der Waals surface area contributed by atoms with Gasteiger partial charge in [0.2, 0.25) is 0 Å². The molecule has 1 N–H and O–H groups in total. The van der Waals surface area contributed by atoms with E-state index in [1.54, 1.807) is 0 Å². The van der Waals surface area contributed by atoms with Crippen molar-refractivity contribution in [3.8, 4) is 0 Å². The van der Waals surface area contributed by atoms with E-state index in [1.165, 1.54) is 36.8 Å². The molecule has 0 unspecified atom stereocenters. The lowest BCUT2D eigenvalue weighted by atomic mass is 9.94. The van der Waals surface area contributed by atoms with E-state index in [-0.39, 0.29) is 0 Å². The predicted octanol–water partition coefficient (Wildman–Crippen LogP) is 3.28. The molecule has 0 saturated heterocycles. The lowest BCUT2D eigenvalue weighted by molar-refractivity contribution is 0.590. The summed E-state index contributed by atoms with van der Waals surface area (Å²) in [6, 6.07) is 9.31. The highest BCUT2D eigenvalue weighted by atomic mass is 14.9. The predicted molar refractivity (Wildman–Crippen MR) is 69.9 cm³/mol. The Labute approximate surface area is 99.3 Å². The molecule has 1 aliphatic carbocycles. The molecule has 1 aliphatic rings. The maximum absolute atomic E-state index is 3.49. The van der Waals surface area contributed by atoms with E-state index in [0.29, 0.717) is 5.41 Å². The van der Waals surface area contributed by atoms with Crippen molar-refractivity contribution in [1.29, 1.82) is 0 Å². The Kier molecular flexibility index (Phi) is 3.65. The van der Waals surface area contributed by atoms with Gasteiger partial charge in [-0.05, 0) is 36.9 Å². The second kappa shape index (κ2) is 5.01. The van der Waals surface area contributed by atoms with Crippen LogP contribution in [0.4, 0.5) is 0 Å². The fourth-order valence-electron chi connectivity index (χ4n) is 2.40. The van der Waals surface area contributed by atoms with Crippen LogP contribution in [0.1, 0.15) is 44.2 Å². The number of rotatable bonds is 6. The minimum absolute atomic E-state index is 0.473. The van der Waals surface area contributed by atoms with Crippen molar-refractivity contribution in [3.63, 3.8) is 0 Å². The summed E-state index contributed by atoms with van der Waals surface area (Å²) in [6.07, 6.45) is 5.16. The van der Waals surface area contributed by atoms with Crippen molar-refractivity contribution in [1.82, 2.24) is 5.32 Å². The topological polar surface area (TPSA) is 12.0 Å². The molecule has 0 heterocycles. The van der Waals surface area contributed by atoms with Crippen LogP contribution in [0.3, 0.4) is 0 Å². The third kappa shape index (κ3) is 2.46. The molecule has 0 amide bonds. The molecule has 0 aromatic heterocycles. The minimum Gasteiger partial charge on any atom is -0.316 e. The Morgan fingerprint density at radius 3 is 2.31 bits per heavy atom. The van der Waals surface area contributed by atoms with Crippen LogP contribution >= 0.6 is 0 Å². The molecule has 2 rings (SSSR count). The van der Waals surface area contributed by atoms with Gasteiger partial charge in [0.1, 0.15) is 0 Å². The van der Waals surface area contributed by atoms with Gasteiger partial charge in [-0.25, -0.2) is 0 Å². The summed E-state index contributed by atoms with van der Waals surface area (Å²) >= 11 is 0. The Bertz CT molecular complexity index is 322. The molecule has 1 heteroatoms. The van der Waals surface area contributed by atoms with Crippen molar-refractivity contribution in [2.75, 3.05) is 13.1 Å². The summed E-state index contributed by atoms with van der Waals surface area (Å²) in [4.78, 5) is 0.